The SMILES string of the molecule is CCCN1C(=O)c2cccc3c(CCCN)ccc(c23)C1=O. The molecule has 0 aliphatic carbocycles. The van der Waals surface area contributed by atoms with Gasteiger partial charge in [-0.2, -0.15) is 0 Å². The van der Waals surface area contributed by atoms with Gasteiger partial charge in [0.05, 0.1) is 0 Å². The van der Waals surface area contributed by atoms with Crippen molar-refractivity contribution in [2.45, 2.75) is 26.2 Å². The predicted molar refractivity (Wildman–Crippen MR) is 87.0 cm³/mol. The van der Waals surface area contributed by atoms with Crippen LogP contribution in [-0.2, 0) is 6.42 Å². The summed E-state index contributed by atoms with van der Waals surface area (Å²) in [6.07, 6.45) is 2.51. The van der Waals surface area contributed by atoms with Gasteiger partial charge in [-0.1, -0.05) is 25.1 Å². The van der Waals surface area contributed by atoms with Crippen molar-refractivity contribution in [1.82, 2.24) is 4.90 Å². The van der Waals surface area contributed by atoms with E-state index < -0.39 is 0 Å². The molecule has 0 aromatic heterocycles. The molecule has 1 aliphatic rings. The van der Waals surface area contributed by atoms with Gasteiger partial charge in [-0.05, 0) is 48.9 Å². The molecule has 114 valence electrons. The normalized spacial score (nSPS) is 14.0. The largest absolute Gasteiger partial charge is 0.330 e. The van der Waals surface area contributed by atoms with Crippen molar-refractivity contribution in [3.63, 3.8) is 0 Å². The average Bonchev–Trinajstić information content (AvgIpc) is 2.54. The lowest BCUT2D eigenvalue weighted by Crippen LogP contribution is -2.40. The van der Waals surface area contributed by atoms with Gasteiger partial charge in [0.2, 0.25) is 0 Å². The van der Waals surface area contributed by atoms with Crippen LogP contribution in [0.15, 0.2) is 30.3 Å². The molecular formula is C18H20N2O2. The van der Waals surface area contributed by atoms with Crippen LogP contribution in [0.25, 0.3) is 10.8 Å². The van der Waals surface area contributed by atoms with E-state index in [1.54, 1.807) is 0 Å². The van der Waals surface area contributed by atoms with Gasteiger partial charge in [0.15, 0.2) is 0 Å². The Morgan fingerprint density at radius 2 is 1.77 bits per heavy atom. The number of hydrogen-bond acceptors (Lipinski definition) is 3. The fourth-order valence-electron chi connectivity index (χ4n) is 3.14. The van der Waals surface area contributed by atoms with Crippen molar-refractivity contribution >= 4 is 22.6 Å². The highest BCUT2D eigenvalue weighted by molar-refractivity contribution is 6.25. The summed E-state index contributed by atoms with van der Waals surface area (Å²) in [5.41, 5.74) is 8.02. The number of hydrogen-bond donors (Lipinski definition) is 1. The van der Waals surface area contributed by atoms with E-state index in [1.807, 2.05) is 37.3 Å². The number of nitrogens with two attached hydrogens (primary N) is 1. The molecule has 0 unspecified atom stereocenters. The van der Waals surface area contributed by atoms with Crippen LogP contribution in [0, 0.1) is 0 Å². The van der Waals surface area contributed by atoms with Gasteiger partial charge in [0.25, 0.3) is 11.8 Å². The minimum atomic E-state index is -0.180. The topological polar surface area (TPSA) is 63.4 Å². The summed E-state index contributed by atoms with van der Waals surface area (Å²) in [6, 6.07) is 9.55. The second-order valence-electron chi connectivity index (χ2n) is 5.65. The van der Waals surface area contributed by atoms with Crippen LogP contribution < -0.4 is 5.73 Å². The highest BCUT2D eigenvalue weighted by Gasteiger charge is 2.32. The number of aryl methyl sites for hydroxylation is 1. The van der Waals surface area contributed by atoms with Crippen LogP contribution in [0.2, 0.25) is 0 Å². The molecule has 3 rings (SSSR count). The molecule has 0 spiro atoms. The third-order valence-corrected chi connectivity index (χ3v) is 4.18. The van der Waals surface area contributed by atoms with Gasteiger partial charge in [-0.3, -0.25) is 14.5 Å². The second kappa shape index (κ2) is 5.89. The van der Waals surface area contributed by atoms with Crippen molar-refractivity contribution in [1.29, 1.82) is 0 Å². The van der Waals surface area contributed by atoms with Crippen LogP contribution in [0.1, 0.15) is 46.0 Å². The van der Waals surface area contributed by atoms with E-state index in [4.69, 9.17) is 5.73 Å². The Kier molecular flexibility index (Phi) is 3.94. The number of benzene rings is 2. The molecule has 2 aromatic carbocycles. The number of carbonyl (C=O) groups excluding carboxylic acids is 2. The Hall–Kier alpha value is -2.20. The van der Waals surface area contributed by atoms with Crippen LogP contribution in [0.4, 0.5) is 0 Å². The van der Waals surface area contributed by atoms with Gasteiger partial charge in [-0.25, -0.2) is 0 Å². The Balaban J connectivity index is 2.20. The summed E-state index contributed by atoms with van der Waals surface area (Å²) in [5, 5.41) is 1.81. The molecule has 2 amide bonds. The Morgan fingerprint density at radius 3 is 2.45 bits per heavy atom. The van der Waals surface area contributed by atoms with E-state index >= 15 is 0 Å². The maximum absolute atomic E-state index is 12.6. The summed E-state index contributed by atoms with van der Waals surface area (Å²) in [4.78, 5) is 26.6. The van der Waals surface area contributed by atoms with E-state index in [9.17, 15) is 9.59 Å². The lowest BCUT2D eigenvalue weighted by atomic mass is 9.90. The van der Waals surface area contributed by atoms with Crippen molar-refractivity contribution in [3.05, 3.63) is 47.0 Å². The first-order valence-corrected chi connectivity index (χ1v) is 7.80. The molecular weight excluding hydrogens is 276 g/mol. The van der Waals surface area contributed by atoms with Crippen molar-refractivity contribution in [3.8, 4) is 0 Å². The molecule has 1 aliphatic heterocycles. The van der Waals surface area contributed by atoms with E-state index in [-0.39, 0.29) is 11.8 Å². The molecule has 0 radical (unpaired) electrons. The smallest absolute Gasteiger partial charge is 0.261 e. The predicted octanol–water partition coefficient (Wildman–Crippen LogP) is 2.74. The quantitative estimate of drug-likeness (QED) is 0.863. The molecule has 1 heterocycles. The summed E-state index contributed by atoms with van der Waals surface area (Å²) in [6.45, 7) is 3.06. The van der Waals surface area contributed by atoms with Crippen LogP contribution in [-0.4, -0.2) is 29.8 Å². The number of amides is 2. The monoisotopic (exact) mass is 296 g/mol. The standard InChI is InChI=1S/C18H20N2O2/c1-2-11-20-17(21)14-7-3-6-13-12(5-4-10-19)8-9-15(16(13)14)18(20)22/h3,6-9H,2,4-5,10-11,19H2,1H3. The average molecular weight is 296 g/mol. The molecule has 0 atom stereocenters. The minimum Gasteiger partial charge on any atom is -0.330 e. The highest BCUT2D eigenvalue weighted by Crippen LogP contribution is 2.32. The van der Waals surface area contributed by atoms with E-state index in [2.05, 4.69) is 0 Å². The second-order valence-corrected chi connectivity index (χ2v) is 5.65. The van der Waals surface area contributed by atoms with Crippen LogP contribution in [0.3, 0.4) is 0 Å². The number of rotatable bonds is 5. The summed E-state index contributed by atoms with van der Waals surface area (Å²) < 4.78 is 0. The molecule has 0 fully saturated rings. The van der Waals surface area contributed by atoms with E-state index in [1.165, 1.54) is 4.90 Å². The van der Waals surface area contributed by atoms with Crippen LogP contribution in [0.5, 0.6) is 0 Å². The van der Waals surface area contributed by atoms with Crippen molar-refractivity contribution < 1.29 is 9.59 Å². The van der Waals surface area contributed by atoms with Crippen molar-refractivity contribution in [2.75, 3.05) is 13.1 Å². The van der Waals surface area contributed by atoms with Gasteiger partial charge < -0.3 is 5.73 Å². The van der Waals surface area contributed by atoms with Gasteiger partial charge >= 0.3 is 0 Å². The molecule has 22 heavy (non-hydrogen) atoms. The van der Waals surface area contributed by atoms with Gasteiger partial charge in [-0.15, -0.1) is 0 Å². The lowest BCUT2D eigenvalue weighted by Gasteiger charge is -2.27. The third kappa shape index (κ3) is 2.20. The number of carbonyl (C=O) groups is 2. The molecule has 0 bridgehead atoms. The van der Waals surface area contributed by atoms with E-state index in [0.717, 1.165) is 35.6 Å². The first-order chi connectivity index (χ1) is 10.7. The zero-order valence-corrected chi connectivity index (χ0v) is 12.8. The molecule has 0 saturated carbocycles. The third-order valence-electron chi connectivity index (χ3n) is 4.18. The van der Waals surface area contributed by atoms with Crippen molar-refractivity contribution in [2.24, 2.45) is 5.73 Å². The molecule has 0 saturated heterocycles. The maximum atomic E-state index is 12.6. The zero-order valence-electron chi connectivity index (χ0n) is 12.8. The fraction of sp³-hybridized carbons (Fsp3) is 0.333. The number of nitrogens with zero attached hydrogens (tertiary/aromatic N) is 1. The Morgan fingerprint density at radius 1 is 1.05 bits per heavy atom. The highest BCUT2D eigenvalue weighted by atomic mass is 16.2. The first kappa shape index (κ1) is 14.7. The molecule has 4 nitrogen and oxygen atoms in total. The maximum Gasteiger partial charge on any atom is 0.261 e. The molecule has 4 heteroatoms. The summed E-state index contributed by atoms with van der Waals surface area (Å²) in [5.74, 6) is -0.359. The first-order valence-electron chi connectivity index (χ1n) is 7.80. The van der Waals surface area contributed by atoms with Gasteiger partial charge in [0, 0.05) is 23.1 Å². The summed E-state index contributed by atoms with van der Waals surface area (Å²) >= 11 is 0. The fourth-order valence-corrected chi connectivity index (χ4v) is 3.14. The number of imide groups is 1. The van der Waals surface area contributed by atoms with E-state index in [0.29, 0.717) is 24.2 Å². The Labute approximate surface area is 129 Å². The lowest BCUT2D eigenvalue weighted by molar-refractivity contribution is 0.0610. The minimum absolute atomic E-state index is 0.180. The summed E-state index contributed by atoms with van der Waals surface area (Å²) in [7, 11) is 0. The van der Waals surface area contributed by atoms with Crippen LogP contribution >= 0.6 is 0 Å². The van der Waals surface area contributed by atoms with Gasteiger partial charge in [0.1, 0.15) is 0 Å². The molecule has 2 aromatic rings. The molecule has 2 N–H and O–H groups in total. The zero-order chi connectivity index (χ0) is 15.7. The Bertz CT molecular complexity index is 730.